The number of carbonyl (C=O) groups is 5. The third-order valence-electron chi connectivity index (χ3n) is 7.03. The normalized spacial score (nSPS) is 25.8. The summed E-state index contributed by atoms with van der Waals surface area (Å²) in [7, 11) is 0. The number of aromatic nitrogens is 2. The summed E-state index contributed by atoms with van der Waals surface area (Å²) in [5.41, 5.74) is 5.80. The smallest absolute Gasteiger partial charge is 0.358 e. The number of nitrogens with two attached hydrogens (primary N) is 1. The molecule has 5 heterocycles. The van der Waals surface area contributed by atoms with Crippen LogP contribution in [-0.4, -0.2) is 109 Å². The molecule has 4 aliphatic rings. The van der Waals surface area contributed by atoms with Crippen LogP contribution in [0.3, 0.4) is 0 Å². The van der Waals surface area contributed by atoms with Crippen molar-refractivity contribution in [3.8, 4) is 0 Å². The van der Waals surface area contributed by atoms with Crippen LogP contribution in [0.2, 0.25) is 0 Å². The van der Waals surface area contributed by atoms with Gasteiger partial charge in [0.1, 0.15) is 17.1 Å². The number of hydrogen-bond acceptors (Lipinski definition) is 15. The van der Waals surface area contributed by atoms with Crippen molar-refractivity contribution in [2.24, 2.45) is 5.16 Å². The second kappa shape index (κ2) is 12.1. The van der Waals surface area contributed by atoms with Gasteiger partial charge in [0.25, 0.3) is 11.8 Å². The van der Waals surface area contributed by atoms with E-state index in [0.717, 1.165) is 38.0 Å². The number of rotatable bonds is 8. The second-order valence-corrected chi connectivity index (χ2v) is 11.7. The molecule has 0 bridgehead atoms. The molecule has 5 N–H and O–H groups in total. The molecule has 42 heavy (non-hydrogen) atoms. The van der Waals surface area contributed by atoms with Gasteiger partial charge in [-0.15, -0.1) is 11.8 Å². The van der Waals surface area contributed by atoms with Crippen LogP contribution < -0.4 is 16.4 Å². The van der Waals surface area contributed by atoms with Crippen LogP contribution >= 0.6 is 23.3 Å². The Hall–Kier alpha value is -4.03. The molecule has 4 atom stereocenters. The number of oxime groups is 1. The molecule has 0 radical (unpaired) electrons. The Kier molecular flexibility index (Phi) is 8.46. The van der Waals surface area contributed by atoms with Gasteiger partial charge >= 0.3 is 11.9 Å². The highest BCUT2D eigenvalue weighted by molar-refractivity contribution is 8.00. The van der Waals surface area contributed by atoms with Crippen molar-refractivity contribution in [1.29, 1.82) is 0 Å². The number of nitrogens with zero attached hydrogens (tertiary/aromatic N) is 5. The molecule has 1 unspecified atom stereocenters. The van der Waals surface area contributed by atoms with Gasteiger partial charge in [0.15, 0.2) is 5.13 Å². The first-order valence-electron chi connectivity index (χ1n) is 13.0. The van der Waals surface area contributed by atoms with E-state index in [-0.39, 0.29) is 34.4 Å². The Bertz CT molecular complexity index is 1420. The number of nitrogen functional groups attached to an aromatic ring is 1. The summed E-state index contributed by atoms with van der Waals surface area (Å²) >= 11 is 2.06. The van der Waals surface area contributed by atoms with E-state index in [1.54, 1.807) is 6.08 Å². The molecule has 1 aromatic rings. The predicted octanol–water partition coefficient (Wildman–Crippen LogP) is -1.07. The Balaban J connectivity index is 1.39. The van der Waals surface area contributed by atoms with Crippen LogP contribution in [-0.2, 0) is 33.4 Å². The number of β-lactam (4-membered cyclic amide) rings is 1. The zero-order valence-corrected chi connectivity index (χ0v) is 24.2. The average Bonchev–Trinajstić information content (AvgIpc) is 3.69. The van der Waals surface area contributed by atoms with Gasteiger partial charge in [-0.2, -0.15) is 9.36 Å². The zero-order valence-electron chi connectivity index (χ0n) is 22.6. The first-order chi connectivity index (χ1) is 20.1. The monoisotopic (exact) mass is 620 g/mol. The van der Waals surface area contributed by atoms with Crippen molar-refractivity contribution in [3.63, 3.8) is 0 Å². The number of allylic oxidation sites excluding steroid dienone is 1. The standard InChI is InChI=1S/C24H28N8O8S2/c1-10(33)39-11(2)40-23(37)17-13(7-12-4-6-31(20(12)35)14-3-5-26-8-14)9-41-22-16(21(36)32(17)22)27-19(34)15(29-38)18-28-24(25)42-30-18/h7,11,14,16,22,26,38H,3-6,8-9H2,1-2H3,(H,27,34)(H2,25,28,30)/b12-7+,29-15-/t11?,14-,16-,22-/m1/s1. The van der Waals surface area contributed by atoms with Crippen LogP contribution in [0.25, 0.3) is 0 Å². The maximum absolute atomic E-state index is 13.4. The van der Waals surface area contributed by atoms with Gasteiger partial charge in [0, 0.05) is 55.8 Å². The summed E-state index contributed by atoms with van der Waals surface area (Å²) in [6.45, 7) is 4.62. The number of fused-ring (bicyclic) bond motifs is 1. The third kappa shape index (κ3) is 5.68. The van der Waals surface area contributed by atoms with Crippen molar-refractivity contribution in [2.75, 3.05) is 31.1 Å². The van der Waals surface area contributed by atoms with Gasteiger partial charge in [0.2, 0.25) is 23.7 Å². The molecule has 16 nitrogen and oxygen atoms in total. The van der Waals surface area contributed by atoms with Crippen LogP contribution in [0.15, 0.2) is 28.1 Å². The predicted molar refractivity (Wildman–Crippen MR) is 148 cm³/mol. The van der Waals surface area contributed by atoms with E-state index in [9.17, 15) is 29.2 Å². The molecule has 3 saturated heterocycles. The first-order valence-corrected chi connectivity index (χ1v) is 14.8. The second-order valence-electron chi connectivity index (χ2n) is 9.79. The molecular weight excluding hydrogens is 592 g/mol. The van der Waals surface area contributed by atoms with Crippen molar-refractivity contribution in [2.45, 2.75) is 50.4 Å². The first kappa shape index (κ1) is 29.5. The Labute approximate surface area is 247 Å². The fourth-order valence-electron chi connectivity index (χ4n) is 5.17. The summed E-state index contributed by atoms with van der Waals surface area (Å²) in [5.74, 6) is -3.28. The van der Waals surface area contributed by atoms with Crippen LogP contribution in [0.5, 0.6) is 0 Å². The molecule has 3 fully saturated rings. The van der Waals surface area contributed by atoms with Crippen LogP contribution in [0, 0.1) is 0 Å². The minimum atomic E-state index is -1.24. The lowest BCUT2D eigenvalue weighted by Gasteiger charge is -2.49. The topological polar surface area (TPSA) is 219 Å². The third-order valence-corrected chi connectivity index (χ3v) is 8.88. The summed E-state index contributed by atoms with van der Waals surface area (Å²) < 4.78 is 14.1. The van der Waals surface area contributed by atoms with Crippen molar-refractivity contribution in [1.82, 2.24) is 29.8 Å². The lowest BCUT2D eigenvalue weighted by Crippen LogP contribution is -2.71. The molecule has 0 aliphatic carbocycles. The lowest BCUT2D eigenvalue weighted by atomic mass is 10.0. The molecule has 3 amide bonds. The molecule has 5 rings (SSSR count). The number of likely N-dealkylation sites (tertiary alicyclic amines) is 1. The maximum Gasteiger partial charge on any atom is 0.358 e. The van der Waals surface area contributed by atoms with E-state index in [0.29, 0.717) is 24.1 Å². The molecule has 0 aromatic carbocycles. The van der Waals surface area contributed by atoms with E-state index >= 15 is 0 Å². The van der Waals surface area contributed by atoms with Gasteiger partial charge in [-0.25, -0.2) is 4.79 Å². The van der Waals surface area contributed by atoms with Gasteiger partial charge in [-0.05, 0) is 31.0 Å². The Morgan fingerprint density at radius 3 is 2.74 bits per heavy atom. The summed E-state index contributed by atoms with van der Waals surface area (Å²) in [5, 5.41) is 17.4. The van der Waals surface area contributed by atoms with E-state index in [1.165, 1.54) is 23.6 Å². The molecular formula is C24H28N8O8S2. The fraction of sp³-hybridized carbons (Fsp3) is 0.500. The number of ether oxygens (including phenoxy) is 2. The minimum absolute atomic E-state index is 0.0503. The van der Waals surface area contributed by atoms with E-state index in [4.69, 9.17) is 15.2 Å². The molecule has 0 spiro atoms. The molecule has 0 saturated carbocycles. The van der Waals surface area contributed by atoms with Crippen LogP contribution in [0.4, 0.5) is 5.13 Å². The van der Waals surface area contributed by atoms with Crippen molar-refractivity contribution in [3.05, 3.63) is 28.7 Å². The summed E-state index contributed by atoms with van der Waals surface area (Å²) in [4.78, 5) is 70.9. The number of nitrogens with one attached hydrogen (secondary N) is 2. The average molecular weight is 621 g/mol. The van der Waals surface area contributed by atoms with Gasteiger partial charge < -0.3 is 35.9 Å². The number of anilines is 1. The number of carbonyl (C=O) groups excluding carboxylic acids is 5. The Morgan fingerprint density at radius 2 is 2.10 bits per heavy atom. The molecule has 1 aromatic heterocycles. The van der Waals surface area contributed by atoms with Gasteiger partial charge in [-0.1, -0.05) is 5.16 Å². The van der Waals surface area contributed by atoms with Crippen LogP contribution in [0.1, 0.15) is 32.5 Å². The number of thioether (sulfide) groups is 1. The lowest BCUT2D eigenvalue weighted by molar-refractivity contribution is -0.182. The highest BCUT2D eigenvalue weighted by Gasteiger charge is 2.55. The van der Waals surface area contributed by atoms with Crippen molar-refractivity contribution >= 4 is 63.8 Å². The molecule has 18 heteroatoms. The number of amides is 3. The fourth-order valence-corrected chi connectivity index (χ4v) is 6.91. The summed E-state index contributed by atoms with van der Waals surface area (Å²) in [6, 6.07) is -0.988. The number of hydrogen-bond donors (Lipinski definition) is 4. The van der Waals surface area contributed by atoms with Crippen molar-refractivity contribution < 1.29 is 38.7 Å². The zero-order chi connectivity index (χ0) is 30.1. The number of esters is 2. The van der Waals surface area contributed by atoms with E-state index in [2.05, 4.69) is 25.1 Å². The maximum atomic E-state index is 13.4. The van der Waals surface area contributed by atoms with E-state index in [1.807, 2.05) is 4.90 Å². The highest BCUT2D eigenvalue weighted by atomic mass is 32.2. The Morgan fingerprint density at radius 1 is 1.31 bits per heavy atom. The molecule has 4 aliphatic heterocycles. The highest BCUT2D eigenvalue weighted by Crippen LogP contribution is 2.42. The van der Waals surface area contributed by atoms with E-state index < -0.39 is 47.2 Å². The van der Waals surface area contributed by atoms with Gasteiger partial charge in [-0.3, -0.25) is 24.1 Å². The quantitative estimate of drug-likeness (QED) is 0.0518. The largest absolute Gasteiger partial charge is 0.426 e. The SMILES string of the molecule is CC(=O)OC(C)OC(=O)C1=C(/C=C2\CCN([C@@H]3CCNC3)C2=O)CS[C@@H]2[C@H](NC(=O)/C(=N\O)c3nsc(N)n3)C(=O)N12. The summed E-state index contributed by atoms with van der Waals surface area (Å²) in [6.07, 6.45) is 1.71. The minimum Gasteiger partial charge on any atom is -0.426 e. The van der Waals surface area contributed by atoms with Gasteiger partial charge in [0.05, 0.1) is 0 Å². The molecule has 224 valence electrons.